The molecule has 1 aromatic heterocycles. The molecule has 0 bridgehead atoms. The van der Waals surface area contributed by atoms with Gasteiger partial charge in [0.15, 0.2) is 0 Å². The summed E-state index contributed by atoms with van der Waals surface area (Å²) in [4.78, 5) is 16.1. The summed E-state index contributed by atoms with van der Waals surface area (Å²) >= 11 is 0. The molecule has 0 aliphatic rings. The standard InChI is InChI=1S/C15H17N3O2/c1-3-20-15(19)13-8-11(16)5-7-14(13)18-12-6-4-10(2)17-9-12/h4-9,18H,3,16H2,1-2H3. The van der Waals surface area contributed by atoms with Crippen LogP contribution in [0.2, 0.25) is 0 Å². The van der Waals surface area contributed by atoms with Crippen molar-refractivity contribution in [3.63, 3.8) is 0 Å². The lowest BCUT2D eigenvalue weighted by atomic mass is 10.1. The van der Waals surface area contributed by atoms with Crippen molar-refractivity contribution in [2.45, 2.75) is 13.8 Å². The van der Waals surface area contributed by atoms with Gasteiger partial charge in [0.05, 0.1) is 29.7 Å². The summed E-state index contributed by atoms with van der Waals surface area (Å²) in [5.74, 6) is -0.401. The Morgan fingerprint density at radius 3 is 2.80 bits per heavy atom. The fourth-order valence-electron chi connectivity index (χ4n) is 1.75. The van der Waals surface area contributed by atoms with Crippen LogP contribution in [0.25, 0.3) is 0 Å². The maximum Gasteiger partial charge on any atom is 0.340 e. The minimum Gasteiger partial charge on any atom is -0.462 e. The Bertz CT molecular complexity index is 609. The molecular weight excluding hydrogens is 254 g/mol. The molecule has 0 radical (unpaired) electrons. The second-order valence-electron chi connectivity index (χ2n) is 4.34. The van der Waals surface area contributed by atoms with Gasteiger partial charge < -0.3 is 15.8 Å². The van der Waals surface area contributed by atoms with Crippen LogP contribution in [0.15, 0.2) is 36.5 Å². The molecule has 0 saturated carbocycles. The first-order valence-corrected chi connectivity index (χ1v) is 6.36. The first-order chi connectivity index (χ1) is 9.60. The van der Waals surface area contributed by atoms with E-state index in [4.69, 9.17) is 10.5 Å². The largest absolute Gasteiger partial charge is 0.462 e. The van der Waals surface area contributed by atoms with E-state index in [2.05, 4.69) is 10.3 Å². The third kappa shape index (κ3) is 3.26. The van der Waals surface area contributed by atoms with Crippen LogP contribution in [0, 0.1) is 6.92 Å². The molecule has 0 saturated heterocycles. The number of nitrogens with one attached hydrogen (secondary N) is 1. The number of aryl methyl sites for hydroxylation is 1. The molecule has 2 aromatic rings. The maximum atomic E-state index is 11.9. The van der Waals surface area contributed by atoms with Crippen molar-refractivity contribution in [3.8, 4) is 0 Å². The van der Waals surface area contributed by atoms with Gasteiger partial charge in [0.1, 0.15) is 0 Å². The first-order valence-electron chi connectivity index (χ1n) is 6.36. The summed E-state index contributed by atoms with van der Waals surface area (Å²) in [7, 11) is 0. The van der Waals surface area contributed by atoms with Crippen molar-refractivity contribution < 1.29 is 9.53 Å². The van der Waals surface area contributed by atoms with Gasteiger partial charge in [-0.3, -0.25) is 4.98 Å². The lowest BCUT2D eigenvalue weighted by molar-refractivity contribution is 0.0527. The molecule has 1 heterocycles. The Morgan fingerprint density at radius 1 is 1.35 bits per heavy atom. The van der Waals surface area contributed by atoms with E-state index in [0.29, 0.717) is 23.5 Å². The fraction of sp³-hybridized carbons (Fsp3) is 0.200. The third-order valence-electron chi connectivity index (χ3n) is 2.73. The van der Waals surface area contributed by atoms with E-state index in [-0.39, 0.29) is 0 Å². The number of pyridine rings is 1. The Kier molecular flexibility index (Phi) is 4.20. The number of hydrogen-bond acceptors (Lipinski definition) is 5. The SMILES string of the molecule is CCOC(=O)c1cc(N)ccc1Nc1ccc(C)nc1. The smallest absolute Gasteiger partial charge is 0.340 e. The van der Waals surface area contributed by atoms with Crippen LogP contribution < -0.4 is 11.1 Å². The van der Waals surface area contributed by atoms with E-state index >= 15 is 0 Å². The summed E-state index contributed by atoms with van der Waals surface area (Å²) in [5, 5.41) is 3.15. The van der Waals surface area contributed by atoms with E-state index < -0.39 is 5.97 Å². The van der Waals surface area contributed by atoms with Gasteiger partial charge in [0, 0.05) is 11.4 Å². The highest BCUT2D eigenvalue weighted by atomic mass is 16.5. The highest BCUT2D eigenvalue weighted by Gasteiger charge is 2.13. The second kappa shape index (κ2) is 6.06. The summed E-state index contributed by atoms with van der Waals surface area (Å²) in [6.07, 6.45) is 1.71. The Balaban J connectivity index is 2.31. The number of anilines is 3. The molecule has 0 spiro atoms. The van der Waals surface area contributed by atoms with E-state index in [1.807, 2.05) is 19.1 Å². The molecule has 1 aromatic carbocycles. The maximum absolute atomic E-state index is 11.9. The predicted octanol–water partition coefficient (Wildman–Crippen LogP) is 2.89. The summed E-state index contributed by atoms with van der Waals surface area (Å²) in [6, 6.07) is 8.87. The minimum absolute atomic E-state index is 0.319. The normalized spacial score (nSPS) is 10.1. The number of hydrogen-bond donors (Lipinski definition) is 2. The molecule has 5 heteroatoms. The monoisotopic (exact) mass is 271 g/mol. The van der Waals surface area contributed by atoms with E-state index in [1.165, 1.54) is 0 Å². The highest BCUT2D eigenvalue weighted by Crippen LogP contribution is 2.23. The third-order valence-corrected chi connectivity index (χ3v) is 2.73. The fourth-order valence-corrected chi connectivity index (χ4v) is 1.75. The predicted molar refractivity (Wildman–Crippen MR) is 79.1 cm³/mol. The molecular formula is C15H17N3O2. The number of nitrogens with two attached hydrogens (primary N) is 1. The average molecular weight is 271 g/mol. The van der Waals surface area contributed by atoms with Crippen molar-refractivity contribution in [3.05, 3.63) is 47.8 Å². The molecule has 0 aliphatic carbocycles. The van der Waals surface area contributed by atoms with Crippen LogP contribution >= 0.6 is 0 Å². The van der Waals surface area contributed by atoms with Gasteiger partial charge in [-0.05, 0) is 44.2 Å². The Hall–Kier alpha value is -2.56. The number of aromatic nitrogens is 1. The number of carbonyl (C=O) groups is 1. The highest BCUT2D eigenvalue weighted by molar-refractivity contribution is 5.97. The first kappa shape index (κ1) is 13.9. The molecule has 0 atom stereocenters. The number of carbonyl (C=O) groups excluding carboxylic acids is 1. The molecule has 20 heavy (non-hydrogen) atoms. The zero-order valence-corrected chi connectivity index (χ0v) is 11.5. The number of esters is 1. The van der Waals surface area contributed by atoms with Crippen molar-refractivity contribution in [1.82, 2.24) is 4.98 Å². The number of nitrogen functional groups attached to an aromatic ring is 1. The summed E-state index contributed by atoms with van der Waals surface area (Å²) in [6.45, 7) is 4.00. The zero-order chi connectivity index (χ0) is 14.5. The van der Waals surface area contributed by atoms with Crippen molar-refractivity contribution >= 4 is 23.0 Å². The summed E-state index contributed by atoms with van der Waals surface area (Å²) in [5.41, 5.74) is 9.02. The molecule has 0 unspecified atom stereocenters. The number of ether oxygens (including phenoxy) is 1. The van der Waals surface area contributed by atoms with Gasteiger partial charge >= 0.3 is 5.97 Å². The van der Waals surface area contributed by atoms with Crippen molar-refractivity contribution in [2.75, 3.05) is 17.7 Å². The molecule has 0 fully saturated rings. The lowest BCUT2D eigenvalue weighted by Gasteiger charge is -2.12. The molecule has 5 nitrogen and oxygen atoms in total. The Labute approximate surface area is 117 Å². The average Bonchev–Trinajstić information content (AvgIpc) is 2.43. The van der Waals surface area contributed by atoms with Gasteiger partial charge in [0.2, 0.25) is 0 Å². The van der Waals surface area contributed by atoms with Crippen molar-refractivity contribution in [2.24, 2.45) is 0 Å². The molecule has 3 N–H and O–H groups in total. The van der Waals surface area contributed by atoms with Gasteiger partial charge in [-0.15, -0.1) is 0 Å². The molecule has 2 rings (SSSR count). The minimum atomic E-state index is -0.401. The second-order valence-corrected chi connectivity index (χ2v) is 4.34. The van der Waals surface area contributed by atoms with Gasteiger partial charge in [-0.2, -0.15) is 0 Å². The summed E-state index contributed by atoms with van der Waals surface area (Å²) < 4.78 is 5.03. The van der Waals surface area contributed by atoms with Crippen LogP contribution in [0.4, 0.5) is 17.1 Å². The number of rotatable bonds is 4. The van der Waals surface area contributed by atoms with Gasteiger partial charge in [-0.1, -0.05) is 0 Å². The van der Waals surface area contributed by atoms with Gasteiger partial charge in [0.25, 0.3) is 0 Å². The van der Waals surface area contributed by atoms with Crippen LogP contribution in [0.1, 0.15) is 23.0 Å². The quantitative estimate of drug-likeness (QED) is 0.660. The van der Waals surface area contributed by atoms with E-state index in [9.17, 15) is 4.79 Å². The van der Waals surface area contributed by atoms with Crippen LogP contribution in [0.3, 0.4) is 0 Å². The van der Waals surface area contributed by atoms with Crippen molar-refractivity contribution in [1.29, 1.82) is 0 Å². The van der Waals surface area contributed by atoms with Crippen LogP contribution in [0.5, 0.6) is 0 Å². The Morgan fingerprint density at radius 2 is 2.15 bits per heavy atom. The molecule has 0 amide bonds. The van der Waals surface area contributed by atoms with E-state index in [0.717, 1.165) is 11.4 Å². The number of nitrogens with zero attached hydrogens (tertiary/aromatic N) is 1. The van der Waals surface area contributed by atoms with E-state index in [1.54, 1.807) is 31.3 Å². The number of benzene rings is 1. The van der Waals surface area contributed by atoms with Gasteiger partial charge in [-0.25, -0.2) is 4.79 Å². The van der Waals surface area contributed by atoms with Crippen LogP contribution in [-0.2, 0) is 4.74 Å². The van der Waals surface area contributed by atoms with Crippen LogP contribution in [-0.4, -0.2) is 17.6 Å². The topological polar surface area (TPSA) is 77.2 Å². The lowest BCUT2D eigenvalue weighted by Crippen LogP contribution is -2.08. The zero-order valence-electron chi connectivity index (χ0n) is 11.5. The molecule has 104 valence electrons. The molecule has 0 aliphatic heterocycles.